The standard InChI is InChI=1S/C14H15NO4.C5H11N/c16-8-2-1-7-5-15-6-13-10(7)11(8)19-12(13)9(17)3-4-14(13,15)18;1-6-4-5-2-3-5/h1-2,9,12,16-18H,3-6H2;5-6H,2-4H2,1H3/p+1/t9-,12-,13-,14?;/m0./s1. The predicted molar refractivity (Wildman–Crippen MR) is 90.2 cm³/mol. The highest BCUT2D eigenvalue weighted by atomic mass is 16.5. The van der Waals surface area contributed by atoms with Gasteiger partial charge in [0.05, 0.1) is 25.1 Å². The molecule has 0 radical (unpaired) electrons. The first-order chi connectivity index (χ1) is 12.0. The molecular formula is C19H27N2O4+. The van der Waals surface area contributed by atoms with Gasteiger partial charge in [-0.1, -0.05) is 6.07 Å². The minimum atomic E-state index is -0.914. The summed E-state index contributed by atoms with van der Waals surface area (Å²) < 4.78 is 5.86. The minimum Gasteiger partial charge on any atom is -0.504 e. The monoisotopic (exact) mass is 347 g/mol. The van der Waals surface area contributed by atoms with E-state index in [2.05, 4.69) is 17.3 Å². The zero-order valence-corrected chi connectivity index (χ0v) is 14.6. The fourth-order valence-electron chi connectivity index (χ4n) is 5.44. The van der Waals surface area contributed by atoms with Gasteiger partial charge in [-0.25, -0.2) is 0 Å². The Hall–Kier alpha value is -1.34. The zero-order chi connectivity index (χ0) is 17.4. The molecule has 0 amide bonds. The molecule has 6 rings (SSSR count). The molecule has 3 aliphatic heterocycles. The fourth-order valence-corrected chi connectivity index (χ4v) is 5.44. The summed E-state index contributed by atoms with van der Waals surface area (Å²) in [7, 11) is 2.14. The smallest absolute Gasteiger partial charge is 0.165 e. The summed E-state index contributed by atoms with van der Waals surface area (Å²) in [6.07, 6.45) is 3.05. The number of aliphatic hydroxyl groups excluding tert-OH is 1. The summed E-state index contributed by atoms with van der Waals surface area (Å²) in [5.74, 6) is 1.67. The second kappa shape index (κ2) is 5.10. The third kappa shape index (κ3) is 1.88. The molecular weight excluding hydrogens is 320 g/mol. The van der Waals surface area contributed by atoms with Gasteiger partial charge in [0, 0.05) is 24.6 Å². The van der Waals surface area contributed by atoms with Crippen LogP contribution in [-0.2, 0) is 12.0 Å². The molecule has 6 heteroatoms. The summed E-state index contributed by atoms with van der Waals surface area (Å²) in [6.45, 7) is 2.75. The fraction of sp³-hybridized carbons (Fsp3) is 0.684. The van der Waals surface area contributed by atoms with E-state index in [4.69, 9.17) is 4.74 Å². The second-order valence-corrected chi connectivity index (χ2v) is 8.32. The van der Waals surface area contributed by atoms with Gasteiger partial charge in [0.1, 0.15) is 11.8 Å². The van der Waals surface area contributed by atoms with Gasteiger partial charge >= 0.3 is 0 Å². The van der Waals surface area contributed by atoms with E-state index in [0.717, 1.165) is 17.0 Å². The molecule has 5 atom stereocenters. The van der Waals surface area contributed by atoms with Crippen molar-refractivity contribution in [3.8, 4) is 11.5 Å². The number of aliphatic hydroxyl groups is 2. The van der Waals surface area contributed by atoms with Gasteiger partial charge in [0.15, 0.2) is 11.5 Å². The quantitative estimate of drug-likeness (QED) is 0.587. The maximum Gasteiger partial charge on any atom is 0.165 e. The molecule has 25 heavy (non-hydrogen) atoms. The lowest BCUT2D eigenvalue weighted by Gasteiger charge is -2.68. The number of phenols is 1. The Kier molecular flexibility index (Phi) is 3.24. The van der Waals surface area contributed by atoms with E-state index in [1.807, 2.05) is 6.07 Å². The van der Waals surface area contributed by atoms with Gasteiger partial charge in [-0.15, -0.1) is 0 Å². The van der Waals surface area contributed by atoms with E-state index in [0.29, 0.717) is 31.7 Å². The van der Waals surface area contributed by atoms with Crippen molar-refractivity contribution in [2.75, 3.05) is 20.1 Å². The van der Waals surface area contributed by atoms with Gasteiger partial charge in [0.2, 0.25) is 0 Å². The lowest BCUT2D eigenvalue weighted by atomic mass is 9.52. The van der Waals surface area contributed by atoms with Crippen LogP contribution in [0, 0.1) is 5.92 Å². The molecule has 5 aliphatic rings. The van der Waals surface area contributed by atoms with Crippen molar-refractivity contribution in [3.63, 3.8) is 0 Å². The number of hydrogen-bond donors (Lipinski definition) is 4. The number of aromatic hydroxyl groups is 1. The van der Waals surface area contributed by atoms with E-state index in [1.165, 1.54) is 19.4 Å². The van der Waals surface area contributed by atoms with Crippen LogP contribution in [0.3, 0.4) is 0 Å². The van der Waals surface area contributed by atoms with E-state index < -0.39 is 23.3 Å². The number of quaternary nitrogens is 1. The Morgan fingerprint density at radius 1 is 1.32 bits per heavy atom. The van der Waals surface area contributed by atoms with Crippen molar-refractivity contribution >= 4 is 0 Å². The topological polar surface area (TPSA) is 89.8 Å². The third-order valence-electron chi connectivity index (χ3n) is 6.84. The first kappa shape index (κ1) is 15.9. The number of hydrogen-bond acceptors (Lipinski definition) is 5. The van der Waals surface area contributed by atoms with Crippen molar-refractivity contribution in [2.24, 2.45) is 5.92 Å². The number of nitrogens with two attached hydrogens (primary N) is 1. The van der Waals surface area contributed by atoms with Gasteiger partial charge in [-0.05, 0) is 37.3 Å². The van der Waals surface area contributed by atoms with Gasteiger partial charge in [-0.3, -0.25) is 4.90 Å². The Morgan fingerprint density at radius 3 is 2.80 bits per heavy atom. The first-order valence-corrected chi connectivity index (χ1v) is 9.46. The Morgan fingerprint density at radius 2 is 2.12 bits per heavy atom. The van der Waals surface area contributed by atoms with E-state index >= 15 is 0 Å². The van der Waals surface area contributed by atoms with Crippen molar-refractivity contribution < 1.29 is 25.4 Å². The molecule has 3 heterocycles. The van der Waals surface area contributed by atoms with Crippen LogP contribution in [0.4, 0.5) is 0 Å². The number of phenolic OH excluding ortho intramolecular Hbond substituents is 1. The number of rotatable bonds is 2. The third-order valence-corrected chi connectivity index (χ3v) is 6.84. The summed E-state index contributed by atoms with van der Waals surface area (Å²) in [5, 5.41) is 33.5. The predicted octanol–water partition coefficient (Wildman–Crippen LogP) is -0.347. The summed E-state index contributed by atoms with van der Waals surface area (Å²) >= 11 is 0. The molecule has 1 aromatic carbocycles. The molecule has 1 spiro atoms. The Bertz CT molecular complexity index is 722. The highest BCUT2D eigenvalue weighted by molar-refractivity contribution is 5.63. The van der Waals surface area contributed by atoms with E-state index in [-0.39, 0.29) is 5.75 Å². The lowest BCUT2D eigenvalue weighted by Crippen LogP contribution is -2.84. The van der Waals surface area contributed by atoms with E-state index in [9.17, 15) is 15.3 Å². The first-order valence-electron chi connectivity index (χ1n) is 9.46. The average molecular weight is 347 g/mol. The Labute approximate surface area is 147 Å². The van der Waals surface area contributed by atoms with E-state index in [1.54, 1.807) is 6.07 Å². The molecule has 2 saturated carbocycles. The van der Waals surface area contributed by atoms with Crippen LogP contribution in [0.2, 0.25) is 0 Å². The normalized spacial score (nSPS) is 41.8. The lowest BCUT2D eigenvalue weighted by molar-refractivity contribution is -0.629. The van der Waals surface area contributed by atoms with Crippen LogP contribution in [0.1, 0.15) is 36.8 Å². The molecule has 1 saturated heterocycles. The summed E-state index contributed by atoms with van der Waals surface area (Å²) in [4.78, 5) is 2.06. The molecule has 0 aromatic heterocycles. The summed E-state index contributed by atoms with van der Waals surface area (Å²) in [5.41, 5.74) is 0.566. The van der Waals surface area contributed by atoms with Gasteiger partial charge in [0.25, 0.3) is 0 Å². The van der Waals surface area contributed by atoms with Crippen LogP contribution in [0.25, 0.3) is 0 Å². The number of nitrogens with zero attached hydrogens (tertiary/aromatic N) is 1. The van der Waals surface area contributed by atoms with Gasteiger partial charge < -0.3 is 25.4 Å². The Balaban J connectivity index is 0.000000201. The molecule has 6 nitrogen and oxygen atoms in total. The van der Waals surface area contributed by atoms with Gasteiger partial charge in [-0.2, -0.15) is 0 Å². The van der Waals surface area contributed by atoms with Crippen LogP contribution < -0.4 is 10.1 Å². The number of benzene rings is 1. The van der Waals surface area contributed by atoms with Crippen molar-refractivity contribution in [1.82, 2.24) is 4.90 Å². The molecule has 1 aromatic rings. The SMILES string of the molecule is C[NH2+]CC1CC1.Oc1ccc2c3c1O[C@H]1[C@@H](O)CCC4(O)N(C2)C[C@]314. The molecule has 3 fully saturated rings. The van der Waals surface area contributed by atoms with Crippen molar-refractivity contribution in [1.29, 1.82) is 0 Å². The number of ether oxygens (including phenoxy) is 1. The maximum absolute atomic E-state index is 11.0. The van der Waals surface area contributed by atoms with Crippen LogP contribution in [0.5, 0.6) is 11.5 Å². The molecule has 2 unspecified atom stereocenters. The molecule has 5 N–H and O–H groups in total. The van der Waals surface area contributed by atoms with Crippen LogP contribution in [0.15, 0.2) is 12.1 Å². The zero-order valence-electron chi connectivity index (χ0n) is 14.6. The highest BCUT2D eigenvalue weighted by Gasteiger charge is 2.77. The average Bonchev–Trinajstić information content (AvgIpc) is 3.33. The second-order valence-electron chi connectivity index (χ2n) is 8.32. The van der Waals surface area contributed by atoms with Crippen LogP contribution >= 0.6 is 0 Å². The van der Waals surface area contributed by atoms with Crippen molar-refractivity contribution in [2.45, 2.75) is 55.6 Å². The van der Waals surface area contributed by atoms with Crippen LogP contribution in [-0.4, -0.2) is 58.3 Å². The molecule has 2 bridgehead atoms. The maximum atomic E-state index is 11.0. The molecule has 136 valence electrons. The highest BCUT2D eigenvalue weighted by Crippen LogP contribution is 2.67. The minimum absolute atomic E-state index is 0.109. The molecule has 2 aliphatic carbocycles. The van der Waals surface area contributed by atoms with Crippen molar-refractivity contribution in [3.05, 3.63) is 23.3 Å². The summed E-state index contributed by atoms with van der Waals surface area (Å²) in [6, 6.07) is 3.54. The largest absolute Gasteiger partial charge is 0.504 e.